The molecule has 2 aromatic rings. The Balaban J connectivity index is 1.02. The van der Waals surface area contributed by atoms with Gasteiger partial charge in [-0.3, -0.25) is 9.69 Å². The number of carbonyl (C=O) groups is 1. The van der Waals surface area contributed by atoms with E-state index in [2.05, 4.69) is 25.0 Å². The van der Waals surface area contributed by atoms with Crippen molar-refractivity contribution < 1.29 is 9.18 Å². The third-order valence-electron chi connectivity index (χ3n) is 7.57. The van der Waals surface area contributed by atoms with Gasteiger partial charge in [-0.2, -0.15) is 0 Å². The molecule has 1 amide bonds. The molecular weight excluding hydrogens is 423 g/mol. The van der Waals surface area contributed by atoms with Crippen LogP contribution in [0.2, 0.25) is 0 Å². The van der Waals surface area contributed by atoms with E-state index in [0.717, 1.165) is 75.2 Å². The number of piperazine rings is 1. The molecule has 0 atom stereocenters. The summed E-state index contributed by atoms with van der Waals surface area (Å²) in [7, 11) is 0. The van der Waals surface area contributed by atoms with Gasteiger partial charge >= 0.3 is 0 Å². The first-order valence-electron chi connectivity index (χ1n) is 12.3. The molecular formula is C25H35FN4OS. The molecule has 7 heteroatoms. The molecule has 3 saturated heterocycles. The molecule has 0 unspecified atom stereocenters. The maximum absolute atomic E-state index is 13.5. The fraction of sp³-hybridized carbons (Fsp3) is 0.640. The lowest BCUT2D eigenvalue weighted by Crippen LogP contribution is -2.47. The Kier molecular flexibility index (Phi) is 6.95. The monoisotopic (exact) mass is 458 g/mol. The minimum Gasteiger partial charge on any atom is -0.368 e. The highest BCUT2D eigenvalue weighted by Gasteiger charge is 2.28. The quantitative estimate of drug-likeness (QED) is 0.654. The number of fused-ring (bicyclic) bond motifs is 1. The number of halogens is 1. The normalized spacial score (nSPS) is 21.7. The number of rotatable bonds is 6. The summed E-state index contributed by atoms with van der Waals surface area (Å²) in [5, 5.41) is 3.31. The topological polar surface area (TPSA) is 30.0 Å². The van der Waals surface area contributed by atoms with Gasteiger partial charge in [-0.25, -0.2) is 4.39 Å². The van der Waals surface area contributed by atoms with Crippen LogP contribution >= 0.6 is 11.3 Å². The fourth-order valence-corrected chi connectivity index (χ4v) is 6.64. The largest absolute Gasteiger partial charge is 0.368 e. The standard InChI is InChI=1S/C25H35FN4OS/c26-20-5-6-22-23(19-32-24(22)18-20)29-16-14-27(15-17-29)9-3-4-25(31)30-12-7-21(8-13-30)28-10-1-2-11-28/h5-6,18-19,21H,1-4,7-17H2. The Morgan fingerprint density at radius 1 is 1.00 bits per heavy atom. The fourth-order valence-electron chi connectivity index (χ4n) is 5.64. The van der Waals surface area contributed by atoms with Crippen molar-refractivity contribution in [2.45, 2.75) is 44.6 Å². The number of carbonyl (C=O) groups excluding carboxylic acids is 1. The van der Waals surface area contributed by atoms with E-state index in [1.54, 1.807) is 23.5 Å². The highest BCUT2D eigenvalue weighted by Crippen LogP contribution is 2.34. The van der Waals surface area contributed by atoms with E-state index in [9.17, 15) is 9.18 Å². The molecule has 174 valence electrons. The van der Waals surface area contributed by atoms with Crippen molar-refractivity contribution in [2.75, 3.05) is 63.8 Å². The summed E-state index contributed by atoms with van der Waals surface area (Å²) in [6, 6.07) is 5.80. The number of benzene rings is 1. The van der Waals surface area contributed by atoms with Crippen molar-refractivity contribution in [2.24, 2.45) is 0 Å². The Morgan fingerprint density at radius 2 is 1.75 bits per heavy atom. The number of anilines is 1. The van der Waals surface area contributed by atoms with Gasteiger partial charge in [0.2, 0.25) is 5.91 Å². The Hall–Kier alpha value is -1.70. The van der Waals surface area contributed by atoms with Gasteiger partial charge in [-0.1, -0.05) is 0 Å². The average molecular weight is 459 g/mol. The van der Waals surface area contributed by atoms with Crippen LogP contribution in [0.3, 0.4) is 0 Å². The van der Waals surface area contributed by atoms with E-state index in [1.165, 1.54) is 31.6 Å². The van der Waals surface area contributed by atoms with Gasteiger partial charge < -0.3 is 14.7 Å². The second-order valence-electron chi connectivity index (χ2n) is 9.55. The highest BCUT2D eigenvalue weighted by molar-refractivity contribution is 7.17. The SMILES string of the molecule is O=C(CCCN1CCN(c2csc3cc(F)ccc23)CC1)N1CCC(N2CCCC2)CC1. The van der Waals surface area contributed by atoms with E-state index in [-0.39, 0.29) is 5.82 Å². The maximum atomic E-state index is 13.5. The van der Waals surface area contributed by atoms with Crippen molar-refractivity contribution in [3.05, 3.63) is 29.4 Å². The number of piperidine rings is 1. The Bertz CT molecular complexity index is 912. The van der Waals surface area contributed by atoms with E-state index >= 15 is 0 Å². The number of thiophene rings is 1. The number of likely N-dealkylation sites (tertiary alicyclic amines) is 2. The van der Waals surface area contributed by atoms with Gasteiger partial charge in [0.15, 0.2) is 0 Å². The molecule has 0 saturated carbocycles. The van der Waals surface area contributed by atoms with Crippen molar-refractivity contribution in [3.8, 4) is 0 Å². The lowest BCUT2D eigenvalue weighted by atomic mass is 10.0. The van der Waals surface area contributed by atoms with Crippen molar-refractivity contribution in [3.63, 3.8) is 0 Å². The molecule has 0 bridgehead atoms. The lowest BCUT2D eigenvalue weighted by molar-refractivity contribution is -0.132. The highest BCUT2D eigenvalue weighted by atomic mass is 32.1. The van der Waals surface area contributed by atoms with Gasteiger partial charge in [0.05, 0.1) is 5.69 Å². The molecule has 5 nitrogen and oxygen atoms in total. The summed E-state index contributed by atoms with van der Waals surface area (Å²) in [6.45, 7) is 9.41. The number of nitrogens with zero attached hydrogens (tertiary/aromatic N) is 4. The van der Waals surface area contributed by atoms with Crippen LogP contribution in [0.25, 0.3) is 10.1 Å². The van der Waals surface area contributed by atoms with Crippen molar-refractivity contribution in [1.82, 2.24) is 14.7 Å². The van der Waals surface area contributed by atoms with Crippen LogP contribution < -0.4 is 4.90 Å². The van der Waals surface area contributed by atoms with Gasteiger partial charge in [-0.05, 0) is 69.9 Å². The van der Waals surface area contributed by atoms with E-state index in [0.29, 0.717) is 18.4 Å². The number of hydrogen-bond donors (Lipinski definition) is 0. The summed E-state index contributed by atoms with van der Waals surface area (Å²) < 4.78 is 14.5. The van der Waals surface area contributed by atoms with Crippen LogP contribution in [-0.2, 0) is 4.79 Å². The lowest BCUT2D eigenvalue weighted by Gasteiger charge is -2.37. The minimum atomic E-state index is -0.166. The summed E-state index contributed by atoms with van der Waals surface area (Å²) in [4.78, 5) is 22.3. The summed E-state index contributed by atoms with van der Waals surface area (Å²) >= 11 is 1.62. The molecule has 3 aliphatic rings. The van der Waals surface area contributed by atoms with E-state index in [4.69, 9.17) is 0 Å². The zero-order valence-electron chi connectivity index (χ0n) is 19.0. The number of amides is 1. The molecule has 0 spiro atoms. The first-order chi connectivity index (χ1) is 15.7. The average Bonchev–Trinajstić information content (AvgIpc) is 3.50. The van der Waals surface area contributed by atoms with Crippen molar-refractivity contribution in [1.29, 1.82) is 0 Å². The second kappa shape index (κ2) is 10.1. The maximum Gasteiger partial charge on any atom is 0.222 e. The van der Waals surface area contributed by atoms with Gasteiger partial charge in [0, 0.05) is 67.2 Å². The third kappa shape index (κ3) is 4.95. The van der Waals surface area contributed by atoms with E-state index < -0.39 is 0 Å². The van der Waals surface area contributed by atoms with Crippen LogP contribution in [0, 0.1) is 5.82 Å². The number of hydrogen-bond acceptors (Lipinski definition) is 5. The van der Waals surface area contributed by atoms with Crippen LogP contribution in [0.15, 0.2) is 23.6 Å². The molecule has 0 radical (unpaired) electrons. The Morgan fingerprint density at radius 3 is 2.50 bits per heavy atom. The van der Waals surface area contributed by atoms with Gasteiger partial charge in [-0.15, -0.1) is 11.3 Å². The van der Waals surface area contributed by atoms with Gasteiger partial charge in [0.1, 0.15) is 5.82 Å². The molecule has 4 heterocycles. The minimum absolute atomic E-state index is 0.166. The molecule has 3 fully saturated rings. The Labute approximate surface area is 194 Å². The van der Waals surface area contributed by atoms with Gasteiger partial charge in [0.25, 0.3) is 0 Å². The van der Waals surface area contributed by atoms with Crippen molar-refractivity contribution >= 4 is 33.0 Å². The zero-order chi connectivity index (χ0) is 21.9. The first-order valence-corrected chi connectivity index (χ1v) is 13.2. The van der Waals surface area contributed by atoms with Crippen LogP contribution in [0.1, 0.15) is 38.5 Å². The first kappa shape index (κ1) is 22.1. The molecule has 0 N–H and O–H groups in total. The zero-order valence-corrected chi connectivity index (χ0v) is 19.8. The molecule has 1 aromatic heterocycles. The summed E-state index contributed by atoms with van der Waals surface area (Å²) in [6.07, 6.45) is 6.62. The predicted octanol–water partition coefficient (Wildman–Crippen LogP) is 4.03. The predicted molar refractivity (Wildman–Crippen MR) is 130 cm³/mol. The second-order valence-corrected chi connectivity index (χ2v) is 10.5. The third-order valence-corrected chi connectivity index (χ3v) is 8.50. The molecule has 32 heavy (non-hydrogen) atoms. The van der Waals surface area contributed by atoms with Crippen LogP contribution in [-0.4, -0.2) is 85.6 Å². The molecule has 0 aliphatic carbocycles. The summed E-state index contributed by atoms with van der Waals surface area (Å²) in [5.41, 5.74) is 1.23. The van der Waals surface area contributed by atoms with Crippen LogP contribution in [0.5, 0.6) is 0 Å². The van der Waals surface area contributed by atoms with Crippen LogP contribution in [0.4, 0.5) is 10.1 Å². The summed E-state index contributed by atoms with van der Waals surface area (Å²) in [5.74, 6) is 0.182. The molecule has 5 rings (SSSR count). The smallest absolute Gasteiger partial charge is 0.222 e. The molecule has 1 aromatic carbocycles. The molecule has 3 aliphatic heterocycles. The van der Waals surface area contributed by atoms with E-state index in [1.807, 2.05) is 6.07 Å².